The van der Waals surface area contributed by atoms with Crippen LogP contribution >= 0.6 is 0 Å². The molecule has 0 amide bonds. The third kappa shape index (κ3) is 3.92. The topological polar surface area (TPSA) is 72.4 Å². The van der Waals surface area contributed by atoms with Crippen LogP contribution in [0.5, 0.6) is 0 Å². The highest BCUT2D eigenvalue weighted by molar-refractivity contribution is 5.64. The van der Waals surface area contributed by atoms with Gasteiger partial charge in [0, 0.05) is 19.2 Å². The van der Waals surface area contributed by atoms with Crippen molar-refractivity contribution in [2.45, 2.75) is 27.7 Å². The summed E-state index contributed by atoms with van der Waals surface area (Å²) in [7, 11) is 0. The van der Waals surface area contributed by atoms with Crippen molar-refractivity contribution in [1.29, 1.82) is 0 Å². The fourth-order valence-corrected chi connectivity index (χ4v) is 2.00. The third-order valence-corrected chi connectivity index (χ3v) is 3.22. The maximum Gasteiger partial charge on any atom is 0.292 e. The zero-order valence-corrected chi connectivity index (χ0v) is 12.1. The minimum absolute atomic E-state index is 0.0746. The van der Waals surface area contributed by atoms with E-state index in [1.807, 2.05) is 30.9 Å². The van der Waals surface area contributed by atoms with Gasteiger partial charge in [-0.2, -0.15) is 0 Å². The van der Waals surface area contributed by atoms with Crippen LogP contribution < -0.4 is 10.6 Å². The molecule has 0 radical (unpaired) electrons. The van der Waals surface area contributed by atoms with E-state index in [9.17, 15) is 10.1 Å². The first-order valence-electron chi connectivity index (χ1n) is 6.51. The van der Waals surface area contributed by atoms with Gasteiger partial charge >= 0.3 is 0 Å². The smallest absolute Gasteiger partial charge is 0.292 e. The van der Waals surface area contributed by atoms with Gasteiger partial charge in [-0.3, -0.25) is 10.1 Å². The molecule has 0 spiro atoms. The van der Waals surface area contributed by atoms with E-state index in [2.05, 4.69) is 13.8 Å². The van der Waals surface area contributed by atoms with E-state index in [4.69, 9.17) is 5.73 Å². The largest absolute Gasteiger partial charge is 0.366 e. The monoisotopic (exact) mass is 265 g/mol. The number of nitrogens with two attached hydrogens (primary N) is 1. The van der Waals surface area contributed by atoms with Gasteiger partial charge in [-0.1, -0.05) is 19.9 Å². The van der Waals surface area contributed by atoms with Crippen LogP contribution in [-0.2, 0) is 0 Å². The van der Waals surface area contributed by atoms with Crippen molar-refractivity contribution < 1.29 is 4.92 Å². The molecule has 0 bridgehead atoms. The highest BCUT2D eigenvalue weighted by Crippen LogP contribution is 2.31. The van der Waals surface area contributed by atoms with Crippen molar-refractivity contribution in [1.82, 2.24) is 0 Å². The summed E-state index contributed by atoms with van der Waals surface area (Å²) >= 11 is 0. The average molecular weight is 265 g/mol. The molecule has 0 aliphatic heterocycles. The number of nitro benzene ring substituents is 1. The van der Waals surface area contributed by atoms with Crippen LogP contribution in [0.25, 0.3) is 0 Å². The van der Waals surface area contributed by atoms with Gasteiger partial charge in [-0.25, -0.2) is 0 Å². The van der Waals surface area contributed by atoms with Crippen molar-refractivity contribution >= 4 is 11.4 Å². The van der Waals surface area contributed by atoms with E-state index in [0.717, 1.165) is 5.56 Å². The van der Waals surface area contributed by atoms with Crippen LogP contribution in [0.1, 0.15) is 26.3 Å². The predicted molar refractivity (Wildman–Crippen MR) is 78.6 cm³/mol. The first kappa shape index (κ1) is 15.4. The van der Waals surface area contributed by atoms with Crippen molar-refractivity contribution in [3.05, 3.63) is 33.9 Å². The van der Waals surface area contributed by atoms with Crippen LogP contribution in [0.4, 0.5) is 11.4 Å². The molecule has 0 aliphatic carbocycles. The fourth-order valence-electron chi connectivity index (χ4n) is 2.00. The molecule has 5 nitrogen and oxygen atoms in total. The Labute approximate surface area is 114 Å². The Hall–Kier alpha value is -1.62. The lowest BCUT2D eigenvalue weighted by Crippen LogP contribution is -2.39. The molecule has 0 aliphatic rings. The Morgan fingerprint density at radius 3 is 2.53 bits per heavy atom. The predicted octanol–water partition coefficient (Wildman–Crippen LogP) is 2.71. The Kier molecular flexibility index (Phi) is 4.89. The van der Waals surface area contributed by atoms with E-state index in [1.54, 1.807) is 6.07 Å². The number of rotatable bonds is 6. The molecule has 0 fully saturated rings. The second-order valence-electron chi connectivity index (χ2n) is 5.63. The second kappa shape index (κ2) is 6.02. The average Bonchev–Trinajstić information content (AvgIpc) is 2.36. The Bertz CT molecular complexity index is 458. The molecule has 2 N–H and O–H groups in total. The lowest BCUT2D eigenvalue weighted by molar-refractivity contribution is -0.384. The number of nitro groups is 1. The molecule has 0 aromatic heterocycles. The first-order chi connectivity index (χ1) is 8.80. The summed E-state index contributed by atoms with van der Waals surface area (Å²) in [5.74, 6) is 0. The van der Waals surface area contributed by atoms with E-state index >= 15 is 0 Å². The third-order valence-electron chi connectivity index (χ3n) is 3.22. The van der Waals surface area contributed by atoms with Gasteiger partial charge in [-0.05, 0) is 37.4 Å². The number of anilines is 1. The molecular formula is C14H23N3O2. The number of benzene rings is 1. The highest BCUT2D eigenvalue weighted by atomic mass is 16.6. The van der Waals surface area contributed by atoms with E-state index in [1.165, 1.54) is 0 Å². The summed E-state index contributed by atoms with van der Waals surface area (Å²) in [6.45, 7) is 9.94. The summed E-state index contributed by atoms with van der Waals surface area (Å²) in [5.41, 5.74) is 7.40. The molecule has 0 unspecified atom stereocenters. The zero-order valence-electron chi connectivity index (χ0n) is 12.1. The van der Waals surface area contributed by atoms with Gasteiger partial charge in [0.15, 0.2) is 0 Å². The molecule has 19 heavy (non-hydrogen) atoms. The summed E-state index contributed by atoms with van der Waals surface area (Å²) in [6, 6.07) is 5.34. The van der Waals surface area contributed by atoms with E-state index in [-0.39, 0.29) is 16.0 Å². The normalized spacial score (nSPS) is 11.4. The SMILES string of the molecule is CCN(CC(C)(C)CN)c1ccc(C)cc1[N+](=O)[O-]. The number of hydrogen-bond donors (Lipinski definition) is 1. The van der Waals surface area contributed by atoms with Crippen LogP contribution in [0.3, 0.4) is 0 Å². The highest BCUT2D eigenvalue weighted by Gasteiger charge is 2.24. The Balaban J connectivity index is 3.15. The standard InChI is InChI=1S/C14H23N3O2/c1-5-16(10-14(3,4)9-15)12-7-6-11(2)8-13(12)17(18)19/h6-8H,5,9-10,15H2,1-4H3. The van der Waals surface area contributed by atoms with Crippen molar-refractivity contribution in [3.8, 4) is 0 Å². The molecule has 5 heteroatoms. The maximum absolute atomic E-state index is 11.2. The number of nitrogens with zero attached hydrogens (tertiary/aromatic N) is 2. The van der Waals surface area contributed by atoms with Gasteiger partial charge in [0.1, 0.15) is 5.69 Å². The summed E-state index contributed by atoms with van der Waals surface area (Å²) in [5, 5.41) is 11.2. The van der Waals surface area contributed by atoms with Gasteiger partial charge in [-0.15, -0.1) is 0 Å². The molecule has 106 valence electrons. The van der Waals surface area contributed by atoms with Crippen molar-refractivity contribution in [2.75, 3.05) is 24.5 Å². The minimum Gasteiger partial charge on any atom is -0.366 e. The second-order valence-corrected chi connectivity index (χ2v) is 5.63. The van der Waals surface area contributed by atoms with Gasteiger partial charge in [0.25, 0.3) is 5.69 Å². The molecule has 0 atom stereocenters. The van der Waals surface area contributed by atoms with E-state index < -0.39 is 0 Å². The summed E-state index contributed by atoms with van der Waals surface area (Å²) in [4.78, 5) is 12.9. The van der Waals surface area contributed by atoms with Crippen molar-refractivity contribution in [3.63, 3.8) is 0 Å². The maximum atomic E-state index is 11.2. The Morgan fingerprint density at radius 1 is 1.42 bits per heavy atom. The van der Waals surface area contributed by atoms with Crippen molar-refractivity contribution in [2.24, 2.45) is 11.1 Å². The number of hydrogen-bond acceptors (Lipinski definition) is 4. The van der Waals surface area contributed by atoms with Crippen LogP contribution in [0.2, 0.25) is 0 Å². The Morgan fingerprint density at radius 2 is 2.05 bits per heavy atom. The molecular weight excluding hydrogens is 242 g/mol. The van der Waals surface area contributed by atoms with Gasteiger partial charge in [0.05, 0.1) is 4.92 Å². The molecule has 0 saturated carbocycles. The van der Waals surface area contributed by atoms with Crippen LogP contribution in [-0.4, -0.2) is 24.6 Å². The lowest BCUT2D eigenvalue weighted by atomic mass is 9.92. The fraction of sp³-hybridized carbons (Fsp3) is 0.571. The molecule has 1 aromatic carbocycles. The molecule has 1 rings (SSSR count). The quantitative estimate of drug-likeness (QED) is 0.634. The summed E-state index contributed by atoms with van der Waals surface area (Å²) in [6.07, 6.45) is 0. The van der Waals surface area contributed by atoms with Gasteiger partial charge in [0.2, 0.25) is 0 Å². The van der Waals surface area contributed by atoms with Crippen LogP contribution in [0.15, 0.2) is 18.2 Å². The lowest BCUT2D eigenvalue weighted by Gasteiger charge is -2.32. The first-order valence-corrected chi connectivity index (χ1v) is 6.51. The zero-order chi connectivity index (χ0) is 14.6. The van der Waals surface area contributed by atoms with E-state index in [0.29, 0.717) is 25.3 Å². The molecule has 1 aromatic rings. The molecule has 0 heterocycles. The van der Waals surface area contributed by atoms with Gasteiger partial charge < -0.3 is 10.6 Å². The number of aryl methyl sites for hydroxylation is 1. The molecule has 0 saturated heterocycles. The van der Waals surface area contributed by atoms with Crippen LogP contribution in [0, 0.1) is 22.5 Å². The summed E-state index contributed by atoms with van der Waals surface area (Å²) < 4.78 is 0. The minimum atomic E-state index is -0.319.